The van der Waals surface area contributed by atoms with Crippen molar-refractivity contribution in [3.8, 4) is 0 Å². The summed E-state index contributed by atoms with van der Waals surface area (Å²) in [7, 11) is 0. The summed E-state index contributed by atoms with van der Waals surface area (Å²) in [4.78, 5) is 12.9. The maximum atomic E-state index is 11.3. The fourth-order valence-electron chi connectivity index (χ4n) is 2.20. The molecule has 4 nitrogen and oxygen atoms in total. The molecule has 3 N–H and O–H groups in total. The van der Waals surface area contributed by atoms with Crippen LogP contribution in [0.5, 0.6) is 0 Å². The van der Waals surface area contributed by atoms with Crippen LogP contribution in [0.4, 0.5) is 4.79 Å². The molecule has 0 bridgehead atoms. The average Bonchev–Trinajstić information content (AvgIpc) is 2.29. The summed E-state index contributed by atoms with van der Waals surface area (Å²) in [6, 6.07) is 9.18. The Labute approximate surface area is 94.7 Å². The molecule has 0 radical (unpaired) electrons. The molecule has 86 valence electrons. The number of rotatable bonds is 1. The molecule has 1 heterocycles. The third-order valence-corrected chi connectivity index (χ3v) is 3.04. The molecule has 1 aromatic rings. The summed E-state index contributed by atoms with van der Waals surface area (Å²) in [5.41, 5.74) is 6.37. The molecule has 4 heteroatoms. The van der Waals surface area contributed by atoms with E-state index >= 15 is 0 Å². The zero-order chi connectivity index (χ0) is 11.5. The first kappa shape index (κ1) is 11.0. The van der Waals surface area contributed by atoms with Crippen LogP contribution in [0, 0.1) is 0 Å². The molecule has 0 spiro atoms. The van der Waals surface area contributed by atoms with Crippen LogP contribution in [-0.4, -0.2) is 28.7 Å². The first-order valence-electron chi connectivity index (χ1n) is 5.47. The number of nitrogens with zero attached hydrogens (tertiary/aromatic N) is 1. The minimum atomic E-state index is -0.416. The lowest BCUT2D eigenvalue weighted by atomic mass is 9.94. The van der Waals surface area contributed by atoms with Crippen molar-refractivity contribution in [3.63, 3.8) is 0 Å². The molecule has 0 saturated carbocycles. The van der Waals surface area contributed by atoms with Crippen LogP contribution < -0.4 is 5.73 Å². The third-order valence-electron chi connectivity index (χ3n) is 3.04. The van der Waals surface area contributed by atoms with Gasteiger partial charge in [0, 0.05) is 6.54 Å². The van der Waals surface area contributed by atoms with Crippen molar-refractivity contribution in [1.82, 2.24) is 4.90 Å². The summed E-state index contributed by atoms with van der Waals surface area (Å²) in [5.74, 6) is 0. The smallest absolute Gasteiger partial charge is 0.315 e. The fraction of sp³-hybridized carbons (Fsp3) is 0.417. The van der Waals surface area contributed by atoms with Crippen LogP contribution in [-0.2, 0) is 0 Å². The molecular formula is C12H16N2O2. The van der Waals surface area contributed by atoms with Gasteiger partial charge in [-0.15, -0.1) is 0 Å². The second kappa shape index (κ2) is 4.53. The highest BCUT2D eigenvalue weighted by atomic mass is 16.3. The lowest BCUT2D eigenvalue weighted by molar-refractivity contribution is 0.0611. The van der Waals surface area contributed by atoms with Gasteiger partial charge in [-0.2, -0.15) is 0 Å². The van der Waals surface area contributed by atoms with Crippen molar-refractivity contribution in [1.29, 1.82) is 0 Å². The number of aliphatic hydroxyl groups is 1. The molecule has 0 aliphatic carbocycles. The molecule has 2 amide bonds. The normalized spacial score (nSPS) is 25.4. The largest absolute Gasteiger partial charge is 0.393 e. The highest BCUT2D eigenvalue weighted by molar-refractivity contribution is 5.72. The van der Waals surface area contributed by atoms with Crippen molar-refractivity contribution >= 4 is 6.03 Å². The number of carbonyl (C=O) groups is 1. The Morgan fingerprint density at radius 3 is 2.69 bits per heavy atom. The van der Waals surface area contributed by atoms with Gasteiger partial charge >= 0.3 is 6.03 Å². The maximum Gasteiger partial charge on any atom is 0.315 e. The Hall–Kier alpha value is -1.55. The van der Waals surface area contributed by atoms with Gasteiger partial charge in [-0.25, -0.2) is 4.79 Å². The second-order valence-electron chi connectivity index (χ2n) is 4.14. The number of hydrogen-bond acceptors (Lipinski definition) is 2. The Bertz CT molecular complexity index is 367. The number of primary amides is 1. The Morgan fingerprint density at radius 2 is 2.06 bits per heavy atom. The zero-order valence-electron chi connectivity index (χ0n) is 9.04. The second-order valence-corrected chi connectivity index (χ2v) is 4.14. The number of likely N-dealkylation sites (tertiary alicyclic amines) is 1. The predicted octanol–water partition coefficient (Wildman–Crippen LogP) is 1.26. The molecule has 16 heavy (non-hydrogen) atoms. The molecule has 2 rings (SSSR count). The van der Waals surface area contributed by atoms with Gasteiger partial charge in [-0.05, 0) is 18.4 Å². The Morgan fingerprint density at radius 1 is 1.38 bits per heavy atom. The van der Waals surface area contributed by atoms with Gasteiger partial charge in [-0.3, -0.25) is 0 Å². The molecule has 1 aromatic carbocycles. The Balaban J connectivity index is 2.24. The summed E-state index contributed by atoms with van der Waals surface area (Å²) in [5, 5.41) is 9.66. The van der Waals surface area contributed by atoms with Crippen molar-refractivity contribution in [3.05, 3.63) is 35.9 Å². The lowest BCUT2D eigenvalue weighted by Gasteiger charge is -2.37. The zero-order valence-corrected chi connectivity index (χ0v) is 9.04. The molecule has 0 aromatic heterocycles. The van der Waals surface area contributed by atoms with Crippen LogP contribution in [0.15, 0.2) is 30.3 Å². The number of benzene rings is 1. The van der Waals surface area contributed by atoms with E-state index in [4.69, 9.17) is 5.73 Å². The molecule has 1 saturated heterocycles. The van der Waals surface area contributed by atoms with Gasteiger partial charge in [0.1, 0.15) is 0 Å². The van der Waals surface area contributed by atoms with Gasteiger partial charge in [0.2, 0.25) is 0 Å². The van der Waals surface area contributed by atoms with E-state index in [1.54, 1.807) is 4.90 Å². The number of nitrogens with two attached hydrogens (primary N) is 1. The average molecular weight is 220 g/mol. The molecule has 2 unspecified atom stereocenters. The van der Waals surface area contributed by atoms with Crippen LogP contribution in [0.3, 0.4) is 0 Å². The number of hydrogen-bond donors (Lipinski definition) is 2. The number of carbonyl (C=O) groups excluding carboxylic acids is 1. The molecule has 1 fully saturated rings. The first-order chi connectivity index (χ1) is 7.68. The van der Waals surface area contributed by atoms with Crippen molar-refractivity contribution in [2.75, 3.05) is 6.54 Å². The van der Waals surface area contributed by atoms with E-state index in [1.165, 1.54) is 0 Å². The quantitative estimate of drug-likeness (QED) is 0.748. The standard InChI is InChI=1S/C12H16N2O2/c13-12(16)14-7-6-10(15)8-11(14)9-4-2-1-3-5-9/h1-5,10-11,15H,6-8H2,(H2,13,16). The summed E-state index contributed by atoms with van der Waals surface area (Å²) in [6.45, 7) is 0.524. The van der Waals surface area contributed by atoms with Crippen LogP contribution in [0.1, 0.15) is 24.4 Å². The van der Waals surface area contributed by atoms with E-state index in [-0.39, 0.29) is 12.1 Å². The van der Waals surface area contributed by atoms with Gasteiger partial charge in [-0.1, -0.05) is 30.3 Å². The van der Waals surface area contributed by atoms with E-state index in [0.29, 0.717) is 19.4 Å². The van der Waals surface area contributed by atoms with E-state index in [9.17, 15) is 9.90 Å². The van der Waals surface area contributed by atoms with Crippen molar-refractivity contribution in [2.24, 2.45) is 5.73 Å². The minimum Gasteiger partial charge on any atom is -0.393 e. The van der Waals surface area contributed by atoms with Gasteiger partial charge < -0.3 is 15.7 Å². The number of amides is 2. The lowest BCUT2D eigenvalue weighted by Crippen LogP contribution is -2.45. The minimum absolute atomic E-state index is 0.0950. The number of urea groups is 1. The monoisotopic (exact) mass is 220 g/mol. The maximum absolute atomic E-state index is 11.3. The van der Waals surface area contributed by atoms with Crippen molar-refractivity contribution < 1.29 is 9.90 Å². The van der Waals surface area contributed by atoms with E-state index in [1.807, 2.05) is 30.3 Å². The van der Waals surface area contributed by atoms with Crippen LogP contribution in [0.2, 0.25) is 0 Å². The molecular weight excluding hydrogens is 204 g/mol. The molecule has 1 aliphatic heterocycles. The van der Waals surface area contributed by atoms with Gasteiger partial charge in [0.15, 0.2) is 0 Å². The first-order valence-corrected chi connectivity index (χ1v) is 5.47. The van der Waals surface area contributed by atoms with Crippen molar-refractivity contribution in [2.45, 2.75) is 25.0 Å². The fourth-order valence-corrected chi connectivity index (χ4v) is 2.20. The van der Waals surface area contributed by atoms with Crippen LogP contribution >= 0.6 is 0 Å². The topological polar surface area (TPSA) is 66.6 Å². The van der Waals surface area contributed by atoms with E-state index in [0.717, 1.165) is 5.56 Å². The highest BCUT2D eigenvalue weighted by Crippen LogP contribution is 2.30. The number of aliphatic hydroxyl groups excluding tert-OH is 1. The summed E-state index contributed by atoms with van der Waals surface area (Å²) in [6.07, 6.45) is 0.819. The van der Waals surface area contributed by atoms with Crippen LogP contribution in [0.25, 0.3) is 0 Å². The highest BCUT2D eigenvalue weighted by Gasteiger charge is 2.30. The Kier molecular flexibility index (Phi) is 3.10. The molecule has 2 atom stereocenters. The molecule has 1 aliphatic rings. The van der Waals surface area contributed by atoms with E-state index in [2.05, 4.69) is 0 Å². The van der Waals surface area contributed by atoms with E-state index < -0.39 is 6.03 Å². The van der Waals surface area contributed by atoms with Gasteiger partial charge in [0.25, 0.3) is 0 Å². The number of piperidine rings is 1. The SMILES string of the molecule is NC(=O)N1CCC(O)CC1c1ccccc1. The third kappa shape index (κ3) is 2.17. The summed E-state index contributed by atoms with van der Waals surface area (Å²) < 4.78 is 0. The predicted molar refractivity (Wildman–Crippen MR) is 60.7 cm³/mol. The van der Waals surface area contributed by atoms with Gasteiger partial charge in [0.05, 0.1) is 12.1 Å². The summed E-state index contributed by atoms with van der Waals surface area (Å²) >= 11 is 0.